The number of nitrogens with zero attached hydrogens (tertiary/aromatic N) is 1. The van der Waals surface area contributed by atoms with Crippen LogP contribution in [0.3, 0.4) is 0 Å². The van der Waals surface area contributed by atoms with Crippen LogP contribution in [-0.4, -0.2) is 31.1 Å². The van der Waals surface area contributed by atoms with Crippen molar-refractivity contribution in [2.45, 2.75) is 58.6 Å². The maximum Gasteiger partial charge on any atom is 0.308 e. The molecule has 2 rings (SSSR count). The number of esters is 1. The molecule has 0 heterocycles. The van der Waals surface area contributed by atoms with Crippen molar-refractivity contribution in [1.29, 1.82) is 0 Å². The Balaban J connectivity index is 2.02. The fraction of sp³-hybridized carbons (Fsp3) is 0.667. The molecule has 0 aromatic heterocycles. The van der Waals surface area contributed by atoms with Crippen LogP contribution in [-0.2, 0) is 9.53 Å². The van der Waals surface area contributed by atoms with Crippen LogP contribution in [0.1, 0.15) is 58.1 Å². The third-order valence-electron chi connectivity index (χ3n) is 5.41. The number of rotatable bonds is 6. The van der Waals surface area contributed by atoms with E-state index in [4.69, 9.17) is 4.74 Å². The van der Waals surface area contributed by atoms with Crippen LogP contribution in [0.25, 0.3) is 0 Å². The quantitative estimate of drug-likeness (QED) is 0.709. The molecule has 0 radical (unpaired) electrons. The molecule has 0 spiro atoms. The van der Waals surface area contributed by atoms with Gasteiger partial charge in [0.05, 0.1) is 6.42 Å². The molecule has 1 aliphatic carbocycles. The number of ether oxygens (including phenoxy) is 1. The highest BCUT2D eigenvalue weighted by Gasteiger charge is 2.34. The number of carbonyl (C=O) groups is 1. The van der Waals surface area contributed by atoms with E-state index in [1.54, 1.807) is 0 Å². The van der Waals surface area contributed by atoms with Gasteiger partial charge in [-0.05, 0) is 50.3 Å². The first-order valence-electron chi connectivity index (χ1n) is 9.29. The Bertz CT molecular complexity index is 512. The van der Waals surface area contributed by atoms with Gasteiger partial charge in [-0.1, -0.05) is 57.5 Å². The molecule has 0 bridgehead atoms. The monoisotopic (exact) mass is 331 g/mol. The van der Waals surface area contributed by atoms with Gasteiger partial charge in [0.1, 0.15) is 6.10 Å². The minimum absolute atomic E-state index is 0.0669. The molecule has 1 aromatic carbocycles. The third-order valence-corrected chi connectivity index (χ3v) is 5.41. The molecule has 0 amide bonds. The largest absolute Gasteiger partial charge is 0.462 e. The lowest BCUT2D eigenvalue weighted by atomic mass is 9.75. The molecule has 4 atom stereocenters. The first-order valence-corrected chi connectivity index (χ1v) is 9.29. The number of benzene rings is 1. The average Bonchev–Trinajstić information content (AvgIpc) is 2.53. The SMILES string of the molecule is CC1CCC(C(C)C)C(OC(=O)CC(c2ccccc2)N(C)C)C1. The molecule has 3 heteroatoms. The lowest BCUT2D eigenvalue weighted by Crippen LogP contribution is -2.36. The summed E-state index contributed by atoms with van der Waals surface area (Å²) in [6.45, 7) is 6.76. The molecule has 0 saturated heterocycles. The molecule has 1 fully saturated rings. The molecule has 4 unspecified atom stereocenters. The van der Waals surface area contributed by atoms with Crippen LogP contribution in [0, 0.1) is 17.8 Å². The predicted octanol–water partition coefficient (Wildman–Crippen LogP) is 4.68. The second kappa shape index (κ2) is 8.66. The van der Waals surface area contributed by atoms with Gasteiger partial charge in [-0.25, -0.2) is 0 Å². The van der Waals surface area contributed by atoms with Gasteiger partial charge in [0.15, 0.2) is 0 Å². The van der Waals surface area contributed by atoms with Gasteiger partial charge in [0.2, 0.25) is 0 Å². The van der Waals surface area contributed by atoms with Gasteiger partial charge < -0.3 is 9.64 Å². The van der Waals surface area contributed by atoms with Crippen LogP contribution in [0.5, 0.6) is 0 Å². The third kappa shape index (κ3) is 5.07. The van der Waals surface area contributed by atoms with E-state index in [0.717, 1.165) is 12.0 Å². The summed E-state index contributed by atoms with van der Waals surface area (Å²) in [5, 5.41) is 0. The van der Waals surface area contributed by atoms with Crippen molar-refractivity contribution >= 4 is 5.97 Å². The first kappa shape index (κ1) is 19.0. The molecule has 1 saturated carbocycles. The van der Waals surface area contributed by atoms with E-state index < -0.39 is 0 Å². The summed E-state index contributed by atoms with van der Waals surface area (Å²) in [5.41, 5.74) is 1.16. The van der Waals surface area contributed by atoms with Crippen molar-refractivity contribution in [3.8, 4) is 0 Å². The highest BCUT2D eigenvalue weighted by molar-refractivity contribution is 5.70. The highest BCUT2D eigenvalue weighted by Crippen LogP contribution is 2.36. The lowest BCUT2D eigenvalue weighted by molar-refractivity contribution is -0.157. The van der Waals surface area contributed by atoms with E-state index in [0.29, 0.717) is 24.2 Å². The minimum Gasteiger partial charge on any atom is -0.462 e. The molecular formula is C21H33NO2. The fourth-order valence-corrected chi connectivity index (χ4v) is 3.90. The smallest absolute Gasteiger partial charge is 0.308 e. The zero-order valence-electron chi connectivity index (χ0n) is 15.9. The van der Waals surface area contributed by atoms with Gasteiger partial charge in [-0.2, -0.15) is 0 Å². The van der Waals surface area contributed by atoms with E-state index in [1.165, 1.54) is 12.8 Å². The molecule has 24 heavy (non-hydrogen) atoms. The Morgan fingerprint density at radius 3 is 2.46 bits per heavy atom. The summed E-state index contributed by atoms with van der Waals surface area (Å²) in [4.78, 5) is 14.7. The fourth-order valence-electron chi connectivity index (χ4n) is 3.90. The van der Waals surface area contributed by atoms with Crippen molar-refractivity contribution in [1.82, 2.24) is 4.90 Å². The molecule has 1 aromatic rings. The zero-order valence-corrected chi connectivity index (χ0v) is 15.9. The average molecular weight is 332 g/mol. The zero-order chi connectivity index (χ0) is 17.7. The molecule has 1 aliphatic rings. The van der Waals surface area contributed by atoms with Crippen molar-refractivity contribution in [2.24, 2.45) is 17.8 Å². The molecular weight excluding hydrogens is 298 g/mol. The Morgan fingerprint density at radius 1 is 1.21 bits per heavy atom. The standard InChI is InChI=1S/C21H33NO2/c1-15(2)18-12-11-16(3)13-20(18)24-21(23)14-19(22(4)5)17-9-7-6-8-10-17/h6-10,15-16,18-20H,11-14H2,1-5H3. The van der Waals surface area contributed by atoms with Crippen LogP contribution in [0.4, 0.5) is 0 Å². The summed E-state index contributed by atoms with van der Waals surface area (Å²) in [5.74, 6) is 1.65. The van der Waals surface area contributed by atoms with Crippen molar-refractivity contribution in [2.75, 3.05) is 14.1 Å². The first-order chi connectivity index (χ1) is 11.4. The van der Waals surface area contributed by atoms with E-state index >= 15 is 0 Å². The van der Waals surface area contributed by atoms with Crippen LogP contribution in [0.2, 0.25) is 0 Å². The van der Waals surface area contributed by atoms with Crippen molar-refractivity contribution < 1.29 is 9.53 Å². The van der Waals surface area contributed by atoms with Crippen LogP contribution in [0.15, 0.2) is 30.3 Å². The summed E-state index contributed by atoms with van der Waals surface area (Å²) in [6.07, 6.45) is 3.92. The second-order valence-electron chi connectivity index (χ2n) is 7.95. The lowest BCUT2D eigenvalue weighted by Gasteiger charge is -2.37. The van der Waals surface area contributed by atoms with E-state index in [-0.39, 0.29) is 18.1 Å². The number of carbonyl (C=O) groups excluding carboxylic acids is 1. The van der Waals surface area contributed by atoms with Gasteiger partial charge in [0, 0.05) is 6.04 Å². The molecule has 3 nitrogen and oxygen atoms in total. The van der Waals surface area contributed by atoms with Gasteiger partial charge in [-0.15, -0.1) is 0 Å². The Labute approximate surface area is 147 Å². The van der Waals surface area contributed by atoms with Gasteiger partial charge in [-0.3, -0.25) is 4.79 Å². The predicted molar refractivity (Wildman–Crippen MR) is 98.7 cm³/mol. The summed E-state index contributed by atoms with van der Waals surface area (Å²) >= 11 is 0. The number of hydrogen-bond acceptors (Lipinski definition) is 3. The Kier molecular flexibility index (Phi) is 6.85. The van der Waals surface area contributed by atoms with E-state index in [2.05, 4.69) is 37.8 Å². The van der Waals surface area contributed by atoms with E-state index in [1.807, 2.05) is 32.3 Å². The van der Waals surface area contributed by atoms with Crippen LogP contribution >= 0.6 is 0 Å². The van der Waals surface area contributed by atoms with Crippen molar-refractivity contribution in [3.63, 3.8) is 0 Å². The van der Waals surface area contributed by atoms with Crippen LogP contribution < -0.4 is 0 Å². The Hall–Kier alpha value is -1.35. The summed E-state index contributed by atoms with van der Waals surface area (Å²) < 4.78 is 5.97. The van der Waals surface area contributed by atoms with Crippen molar-refractivity contribution in [3.05, 3.63) is 35.9 Å². The maximum atomic E-state index is 12.6. The molecule has 0 aliphatic heterocycles. The van der Waals surface area contributed by atoms with Gasteiger partial charge >= 0.3 is 5.97 Å². The minimum atomic E-state index is -0.0673. The van der Waals surface area contributed by atoms with Gasteiger partial charge in [0.25, 0.3) is 0 Å². The maximum absolute atomic E-state index is 12.6. The topological polar surface area (TPSA) is 29.5 Å². The molecule has 134 valence electrons. The summed E-state index contributed by atoms with van der Waals surface area (Å²) in [6, 6.07) is 10.3. The van der Waals surface area contributed by atoms with E-state index in [9.17, 15) is 4.79 Å². The highest BCUT2D eigenvalue weighted by atomic mass is 16.5. The number of hydrogen-bond donors (Lipinski definition) is 0. The Morgan fingerprint density at radius 2 is 1.88 bits per heavy atom. The molecule has 0 N–H and O–H groups in total. The second-order valence-corrected chi connectivity index (χ2v) is 7.95. The summed E-state index contributed by atoms with van der Waals surface area (Å²) in [7, 11) is 4.04. The normalized spacial score (nSPS) is 25.7.